The molecule has 5 N–H and O–H groups in total. The molecule has 6 nitrogen and oxygen atoms in total. The number of aliphatic hydroxyl groups excluding tert-OH is 2. The number of aliphatic hydroxyl groups is 2. The average molecular weight is 304 g/mol. The van der Waals surface area contributed by atoms with Crippen LogP contribution in [0, 0.1) is 0 Å². The predicted octanol–water partition coefficient (Wildman–Crippen LogP) is 0.801. The van der Waals surface area contributed by atoms with Crippen LogP contribution in [-0.4, -0.2) is 63.6 Å². The summed E-state index contributed by atoms with van der Waals surface area (Å²) in [7, 11) is 0. The third-order valence-electron chi connectivity index (χ3n) is 3.85. The topological polar surface area (TPSA) is 107 Å². The Morgan fingerprint density at radius 1 is 1.19 bits per heavy atom. The zero-order valence-electron chi connectivity index (χ0n) is 13.5. The molecule has 0 amide bonds. The van der Waals surface area contributed by atoms with Crippen LogP contribution in [0.5, 0.6) is 0 Å². The Labute approximate surface area is 127 Å². The summed E-state index contributed by atoms with van der Waals surface area (Å²) in [6.07, 6.45) is 2.92. The van der Waals surface area contributed by atoms with Gasteiger partial charge >= 0.3 is 5.97 Å². The molecule has 0 rings (SSSR count). The van der Waals surface area contributed by atoms with Crippen molar-refractivity contribution in [1.29, 1.82) is 0 Å². The largest absolute Gasteiger partial charge is 0.480 e. The van der Waals surface area contributed by atoms with Gasteiger partial charge in [0, 0.05) is 19.1 Å². The van der Waals surface area contributed by atoms with Crippen molar-refractivity contribution in [2.75, 3.05) is 13.1 Å². The molecule has 0 aliphatic carbocycles. The number of nitrogens with zero attached hydrogens (tertiary/aromatic N) is 1. The highest BCUT2D eigenvalue weighted by Crippen LogP contribution is 2.17. The fourth-order valence-electron chi connectivity index (χ4n) is 2.53. The highest BCUT2D eigenvalue weighted by atomic mass is 16.4. The van der Waals surface area contributed by atoms with Crippen molar-refractivity contribution in [2.24, 2.45) is 5.73 Å². The molecule has 0 radical (unpaired) electrons. The Kier molecular flexibility index (Phi) is 10.6. The van der Waals surface area contributed by atoms with E-state index in [1.165, 1.54) is 6.92 Å². The summed E-state index contributed by atoms with van der Waals surface area (Å²) in [5.74, 6) is -1.03. The molecular formula is C15H32N2O4. The van der Waals surface area contributed by atoms with Crippen LogP contribution in [0.4, 0.5) is 0 Å². The molecule has 0 spiro atoms. The minimum absolute atomic E-state index is 0.0391. The lowest BCUT2D eigenvalue weighted by molar-refractivity contribution is -0.149. The van der Waals surface area contributed by atoms with E-state index in [0.29, 0.717) is 13.0 Å². The fourth-order valence-corrected chi connectivity index (χ4v) is 2.53. The van der Waals surface area contributed by atoms with Crippen LogP contribution < -0.4 is 5.73 Å². The maximum atomic E-state index is 11.4. The predicted molar refractivity (Wildman–Crippen MR) is 83.1 cm³/mol. The van der Waals surface area contributed by atoms with E-state index in [4.69, 9.17) is 5.73 Å². The lowest BCUT2D eigenvalue weighted by Crippen LogP contribution is -2.52. The SMILES string of the molecule is CCCCCC(C)N(CCC(O)CN)C(C(=O)O)C(C)O. The van der Waals surface area contributed by atoms with E-state index in [1.807, 2.05) is 6.92 Å². The highest BCUT2D eigenvalue weighted by molar-refractivity contribution is 5.74. The zero-order valence-corrected chi connectivity index (χ0v) is 13.5. The lowest BCUT2D eigenvalue weighted by Gasteiger charge is -2.36. The van der Waals surface area contributed by atoms with Crippen LogP contribution in [-0.2, 0) is 4.79 Å². The Morgan fingerprint density at radius 2 is 1.81 bits per heavy atom. The van der Waals surface area contributed by atoms with Crippen LogP contribution in [0.3, 0.4) is 0 Å². The minimum atomic E-state index is -1.03. The molecular weight excluding hydrogens is 272 g/mol. The first-order valence-electron chi connectivity index (χ1n) is 7.89. The van der Waals surface area contributed by atoms with E-state index in [1.54, 1.807) is 4.90 Å². The third-order valence-corrected chi connectivity index (χ3v) is 3.85. The molecule has 0 aromatic carbocycles. The van der Waals surface area contributed by atoms with Crippen molar-refractivity contribution in [1.82, 2.24) is 4.90 Å². The number of carboxylic acids is 1. The Balaban J connectivity index is 4.83. The number of nitrogens with two attached hydrogens (primary N) is 1. The molecule has 0 aromatic heterocycles. The number of carboxylic acid groups (broad SMARTS) is 1. The summed E-state index contributed by atoms with van der Waals surface area (Å²) in [4.78, 5) is 13.2. The number of hydrogen-bond donors (Lipinski definition) is 4. The smallest absolute Gasteiger partial charge is 0.323 e. The molecule has 0 saturated heterocycles. The van der Waals surface area contributed by atoms with Crippen LogP contribution in [0.25, 0.3) is 0 Å². The number of rotatable bonds is 12. The quantitative estimate of drug-likeness (QED) is 0.397. The van der Waals surface area contributed by atoms with Gasteiger partial charge in [0.2, 0.25) is 0 Å². The Bertz CT molecular complexity index is 287. The molecule has 4 unspecified atom stereocenters. The van der Waals surface area contributed by atoms with Crippen LogP contribution in [0.1, 0.15) is 52.9 Å². The first kappa shape index (κ1) is 20.3. The van der Waals surface area contributed by atoms with Crippen molar-refractivity contribution < 1.29 is 20.1 Å². The molecule has 0 fully saturated rings. The van der Waals surface area contributed by atoms with Gasteiger partial charge in [0.1, 0.15) is 6.04 Å². The monoisotopic (exact) mass is 304 g/mol. The van der Waals surface area contributed by atoms with Gasteiger partial charge in [-0.3, -0.25) is 9.69 Å². The van der Waals surface area contributed by atoms with Gasteiger partial charge in [-0.05, 0) is 26.7 Å². The highest BCUT2D eigenvalue weighted by Gasteiger charge is 2.33. The van der Waals surface area contributed by atoms with Gasteiger partial charge in [-0.15, -0.1) is 0 Å². The Hall–Kier alpha value is -0.690. The second kappa shape index (κ2) is 11.0. The summed E-state index contributed by atoms with van der Waals surface area (Å²) in [6, 6.07) is -0.913. The van der Waals surface area contributed by atoms with Crippen LogP contribution in [0.15, 0.2) is 0 Å². The average Bonchev–Trinajstić information content (AvgIpc) is 2.41. The van der Waals surface area contributed by atoms with Crippen LogP contribution in [0.2, 0.25) is 0 Å². The second-order valence-electron chi connectivity index (χ2n) is 5.78. The summed E-state index contributed by atoms with van der Waals surface area (Å²) in [5, 5.41) is 28.8. The van der Waals surface area contributed by atoms with Gasteiger partial charge in [-0.2, -0.15) is 0 Å². The van der Waals surface area contributed by atoms with Crippen molar-refractivity contribution in [3.8, 4) is 0 Å². The maximum absolute atomic E-state index is 11.4. The fraction of sp³-hybridized carbons (Fsp3) is 0.933. The van der Waals surface area contributed by atoms with Gasteiger partial charge in [-0.25, -0.2) is 0 Å². The van der Waals surface area contributed by atoms with E-state index < -0.39 is 24.2 Å². The van der Waals surface area contributed by atoms with Crippen molar-refractivity contribution in [3.05, 3.63) is 0 Å². The number of hydrogen-bond acceptors (Lipinski definition) is 5. The number of carbonyl (C=O) groups is 1. The van der Waals surface area contributed by atoms with Gasteiger partial charge in [0.15, 0.2) is 0 Å². The van der Waals surface area contributed by atoms with Gasteiger partial charge in [-0.1, -0.05) is 26.2 Å². The van der Waals surface area contributed by atoms with Gasteiger partial charge < -0.3 is 21.1 Å². The summed E-state index contributed by atoms with van der Waals surface area (Å²) in [5.41, 5.74) is 5.39. The van der Waals surface area contributed by atoms with E-state index in [2.05, 4.69) is 6.92 Å². The first-order chi connectivity index (χ1) is 9.84. The molecule has 0 aliphatic heterocycles. The van der Waals surface area contributed by atoms with Crippen molar-refractivity contribution in [3.63, 3.8) is 0 Å². The molecule has 0 aliphatic rings. The lowest BCUT2D eigenvalue weighted by atomic mass is 10.0. The Morgan fingerprint density at radius 3 is 2.24 bits per heavy atom. The van der Waals surface area contributed by atoms with E-state index in [0.717, 1.165) is 25.7 Å². The zero-order chi connectivity index (χ0) is 16.4. The normalized spacial score (nSPS) is 17.5. The molecule has 0 aromatic rings. The number of unbranched alkanes of at least 4 members (excludes halogenated alkanes) is 2. The summed E-state index contributed by atoms with van der Waals surface area (Å²) < 4.78 is 0. The van der Waals surface area contributed by atoms with E-state index in [-0.39, 0.29) is 12.6 Å². The standard InChI is InChI=1S/C15H32N2O4/c1-4-5-6-7-11(2)17(9-8-13(19)10-16)14(12(3)18)15(20)21/h11-14,18-19H,4-10,16H2,1-3H3,(H,20,21). The molecule has 0 bridgehead atoms. The maximum Gasteiger partial charge on any atom is 0.323 e. The molecule has 6 heteroatoms. The molecule has 126 valence electrons. The summed E-state index contributed by atoms with van der Waals surface area (Å²) >= 11 is 0. The van der Waals surface area contributed by atoms with E-state index >= 15 is 0 Å². The molecule has 4 atom stereocenters. The van der Waals surface area contributed by atoms with Crippen LogP contribution >= 0.6 is 0 Å². The second-order valence-corrected chi connectivity index (χ2v) is 5.78. The minimum Gasteiger partial charge on any atom is -0.480 e. The molecule has 21 heavy (non-hydrogen) atoms. The number of aliphatic carboxylic acids is 1. The summed E-state index contributed by atoms with van der Waals surface area (Å²) in [6.45, 7) is 6.15. The van der Waals surface area contributed by atoms with Gasteiger partial charge in [0.05, 0.1) is 12.2 Å². The first-order valence-corrected chi connectivity index (χ1v) is 7.89. The third kappa shape index (κ3) is 7.76. The molecule has 0 saturated carbocycles. The van der Waals surface area contributed by atoms with Crippen molar-refractivity contribution in [2.45, 2.75) is 77.2 Å². The van der Waals surface area contributed by atoms with E-state index in [9.17, 15) is 20.1 Å². The van der Waals surface area contributed by atoms with Crippen molar-refractivity contribution >= 4 is 5.97 Å². The van der Waals surface area contributed by atoms with Gasteiger partial charge in [0.25, 0.3) is 0 Å². The molecule has 0 heterocycles.